The zero-order chi connectivity index (χ0) is 16.0. The molecule has 1 aromatic carbocycles. The number of hydrogen-bond acceptors (Lipinski definition) is 6. The van der Waals surface area contributed by atoms with E-state index in [0.29, 0.717) is 4.47 Å². The third-order valence-electron chi connectivity index (χ3n) is 2.54. The van der Waals surface area contributed by atoms with E-state index in [1.54, 1.807) is 0 Å². The van der Waals surface area contributed by atoms with Crippen molar-refractivity contribution in [2.75, 3.05) is 20.3 Å². The molecule has 2 N–H and O–H groups in total. The average molecular weight is 383 g/mol. The highest BCUT2D eigenvalue weighted by atomic mass is 79.9. The fourth-order valence-corrected chi connectivity index (χ4v) is 3.32. The highest BCUT2D eigenvalue weighted by molar-refractivity contribution is 9.10. The van der Waals surface area contributed by atoms with E-state index in [-0.39, 0.29) is 19.6 Å². The van der Waals surface area contributed by atoms with Crippen LogP contribution >= 0.6 is 15.9 Å². The maximum absolute atomic E-state index is 12.1. The molecular weight excluding hydrogens is 368 g/mol. The van der Waals surface area contributed by atoms with Crippen LogP contribution in [0.2, 0.25) is 0 Å². The second-order valence-corrected chi connectivity index (χ2v) is 6.82. The van der Waals surface area contributed by atoms with E-state index >= 15 is 0 Å². The van der Waals surface area contributed by atoms with Gasteiger partial charge in [-0.3, -0.25) is 10.1 Å². The van der Waals surface area contributed by atoms with Gasteiger partial charge in [0.05, 0.1) is 17.6 Å². The molecule has 8 nitrogen and oxygen atoms in total. The van der Waals surface area contributed by atoms with Crippen LogP contribution in [0.4, 0.5) is 5.69 Å². The van der Waals surface area contributed by atoms with Crippen LogP contribution < -0.4 is 4.72 Å². The molecule has 0 aliphatic carbocycles. The van der Waals surface area contributed by atoms with Gasteiger partial charge in [-0.2, -0.15) is 0 Å². The van der Waals surface area contributed by atoms with Crippen molar-refractivity contribution >= 4 is 31.6 Å². The van der Waals surface area contributed by atoms with Crippen LogP contribution in [0.1, 0.15) is 6.42 Å². The highest BCUT2D eigenvalue weighted by Gasteiger charge is 2.25. The molecule has 21 heavy (non-hydrogen) atoms. The largest absolute Gasteiger partial charge is 0.391 e. The Labute approximate surface area is 130 Å². The summed E-state index contributed by atoms with van der Waals surface area (Å²) in [5.74, 6) is 0. The predicted molar refractivity (Wildman–Crippen MR) is 78.5 cm³/mol. The molecule has 0 radical (unpaired) electrons. The molecule has 118 valence electrons. The Balaban J connectivity index is 2.88. The summed E-state index contributed by atoms with van der Waals surface area (Å²) in [5.41, 5.74) is -0.511. The summed E-state index contributed by atoms with van der Waals surface area (Å²) >= 11 is 3.08. The van der Waals surface area contributed by atoms with E-state index in [2.05, 4.69) is 20.7 Å². The molecule has 0 saturated heterocycles. The average Bonchev–Trinajstić information content (AvgIpc) is 2.38. The Hall–Kier alpha value is -1.07. The lowest BCUT2D eigenvalue weighted by atomic mass is 10.3. The number of methoxy groups -OCH3 is 1. The first-order valence-electron chi connectivity index (χ1n) is 5.88. The highest BCUT2D eigenvalue weighted by Crippen LogP contribution is 2.26. The number of nitrogens with zero attached hydrogens (tertiary/aromatic N) is 1. The molecule has 0 fully saturated rings. The van der Waals surface area contributed by atoms with Crippen LogP contribution in [0.15, 0.2) is 27.6 Å². The lowest BCUT2D eigenvalue weighted by molar-refractivity contribution is -0.387. The number of hydrogen-bond donors (Lipinski definition) is 2. The molecule has 0 saturated carbocycles. The van der Waals surface area contributed by atoms with Crippen LogP contribution in [-0.2, 0) is 14.8 Å². The molecule has 0 aliphatic rings. The van der Waals surface area contributed by atoms with Crippen molar-refractivity contribution in [2.24, 2.45) is 0 Å². The minimum absolute atomic E-state index is 0.0590. The molecule has 1 atom stereocenters. The van der Waals surface area contributed by atoms with Crippen LogP contribution in [0.5, 0.6) is 0 Å². The van der Waals surface area contributed by atoms with Gasteiger partial charge in [0, 0.05) is 24.2 Å². The fraction of sp³-hybridized carbons (Fsp3) is 0.455. The van der Waals surface area contributed by atoms with E-state index < -0.39 is 31.6 Å². The normalized spacial score (nSPS) is 13.1. The van der Waals surface area contributed by atoms with Gasteiger partial charge in [-0.1, -0.05) is 15.9 Å². The molecule has 0 spiro atoms. The molecule has 0 bridgehead atoms. The van der Waals surface area contributed by atoms with Crippen LogP contribution in [0.25, 0.3) is 0 Å². The first-order valence-corrected chi connectivity index (χ1v) is 8.16. The second kappa shape index (κ2) is 7.80. The van der Waals surface area contributed by atoms with Crippen molar-refractivity contribution in [3.05, 3.63) is 32.8 Å². The molecule has 0 aromatic heterocycles. The Bertz CT molecular complexity index is 607. The number of ether oxygens (including phenoxy) is 1. The van der Waals surface area contributed by atoms with Crippen molar-refractivity contribution in [3.63, 3.8) is 0 Å². The summed E-state index contributed by atoms with van der Waals surface area (Å²) in [4.78, 5) is 9.70. The zero-order valence-corrected chi connectivity index (χ0v) is 13.6. The summed E-state index contributed by atoms with van der Waals surface area (Å²) in [7, 11) is -2.63. The molecule has 1 rings (SSSR count). The quantitative estimate of drug-likeness (QED) is 0.511. The number of benzene rings is 1. The summed E-state index contributed by atoms with van der Waals surface area (Å²) < 4.78 is 31.5. The summed E-state index contributed by atoms with van der Waals surface area (Å²) in [5, 5.41) is 20.3. The van der Waals surface area contributed by atoms with Gasteiger partial charge in [0.1, 0.15) is 0 Å². The molecule has 0 heterocycles. The van der Waals surface area contributed by atoms with E-state index in [4.69, 9.17) is 4.74 Å². The topological polar surface area (TPSA) is 119 Å². The van der Waals surface area contributed by atoms with Gasteiger partial charge in [0.25, 0.3) is 5.69 Å². The lowest BCUT2D eigenvalue weighted by Crippen LogP contribution is -2.29. The monoisotopic (exact) mass is 382 g/mol. The number of aliphatic hydroxyl groups is 1. The van der Waals surface area contributed by atoms with Crippen LogP contribution in [-0.4, -0.2) is 44.8 Å². The third kappa shape index (κ3) is 5.32. The van der Waals surface area contributed by atoms with Crippen LogP contribution in [0, 0.1) is 10.1 Å². The number of sulfonamides is 1. The zero-order valence-electron chi connectivity index (χ0n) is 11.2. The van der Waals surface area contributed by atoms with E-state index in [0.717, 1.165) is 12.1 Å². The van der Waals surface area contributed by atoms with E-state index in [1.165, 1.54) is 13.2 Å². The lowest BCUT2D eigenvalue weighted by Gasteiger charge is -2.11. The summed E-state index contributed by atoms with van der Waals surface area (Å²) in [6, 6.07) is 3.66. The number of nitro benzene ring substituents is 1. The SMILES string of the molecule is COCC(O)CCNS(=O)(=O)c1cc(Br)ccc1[N+](=O)[O-]. The van der Waals surface area contributed by atoms with Crippen molar-refractivity contribution in [1.29, 1.82) is 0 Å². The maximum Gasteiger partial charge on any atom is 0.289 e. The number of halogens is 1. The Morgan fingerprint density at radius 3 is 2.76 bits per heavy atom. The van der Waals surface area contributed by atoms with Gasteiger partial charge in [-0.25, -0.2) is 13.1 Å². The number of nitrogens with one attached hydrogen (secondary N) is 1. The van der Waals surface area contributed by atoms with Gasteiger partial charge in [-0.15, -0.1) is 0 Å². The standard InChI is InChI=1S/C11H15BrN2O6S/c1-20-7-9(15)4-5-13-21(18,19)11-6-8(12)2-3-10(11)14(16)17/h2-3,6,9,13,15H,4-5,7H2,1H3. The van der Waals surface area contributed by atoms with E-state index in [9.17, 15) is 23.6 Å². The molecule has 0 aliphatic heterocycles. The van der Waals surface area contributed by atoms with Crippen molar-refractivity contribution in [3.8, 4) is 0 Å². The van der Waals surface area contributed by atoms with Crippen molar-refractivity contribution in [2.45, 2.75) is 17.4 Å². The number of rotatable bonds is 8. The minimum Gasteiger partial charge on any atom is -0.391 e. The van der Waals surface area contributed by atoms with Gasteiger partial charge < -0.3 is 9.84 Å². The smallest absolute Gasteiger partial charge is 0.289 e. The predicted octanol–water partition coefficient (Wildman–Crippen LogP) is 1.03. The van der Waals surface area contributed by atoms with Gasteiger partial charge in [-0.05, 0) is 18.6 Å². The Morgan fingerprint density at radius 1 is 1.52 bits per heavy atom. The first kappa shape index (κ1) is 18.0. The summed E-state index contributed by atoms with van der Waals surface area (Å²) in [6.45, 7) is 0.0231. The van der Waals surface area contributed by atoms with Crippen molar-refractivity contribution < 1.29 is 23.2 Å². The van der Waals surface area contributed by atoms with Gasteiger partial charge in [0.15, 0.2) is 4.90 Å². The minimum atomic E-state index is -4.04. The number of nitro groups is 1. The first-order chi connectivity index (χ1) is 9.77. The fourth-order valence-electron chi connectivity index (χ4n) is 1.57. The number of aliphatic hydroxyl groups excluding tert-OH is 1. The molecule has 1 unspecified atom stereocenters. The second-order valence-electron chi connectivity index (χ2n) is 4.16. The Kier molecular flexibility index (Phi) is 6.68. The van der Waals surface area contributed by atoms with Gasteiger partial charge >= 0.3 is 0 Å². The van der Waals surface area contributed by atoms with Crippen molar-refractivity contribution in [1.82, 2.24) is 4.72 Å². The molecular formula is C11H15BrN2O6S. The van der Waals surface area contributed by atoms with Gasteiger partial charge in [0.2, 0.25) is 10.0 Å². The molecule has 0 amide bonds. The molecule has 10 heteroatoms. The molecule has 1 aromatic rings. The third-order valence-corrected chi connectivity index (χ3v) is 4.52. The summed E-state index contributed by atoms with van der Waals surface area (Å²) in [6.07, 6.45) is -0.676. The maximum atomic E-state index is 12.1. The van der Waals surface area contributed by atoms with Crippen LogP contribution in [0.3, 0.4) is 0 Å². The Morgan fingerprint density at radius 2 is 2.19 bits per heavy atom. The van der Waals surface area contributed by atoms with E-state index in [1.807, 2.05) is 0 Å².